The van der Waals surface area contributed by atoms with Gasteiger partial charge in [-0.3, -0.25) is 4.79 Å². The van der Waals surface area contributed by atoms with Crippen molar-refractivity contribution in [1.82, 2.24) is 14.8 Å². The Morgan fingerprint density at radius 2 is 1.82 bits per heavy atom. The van der Waals surface area contributed by atoms with Gasteiger partial charge in [-0.1, -0.05) is 42.1 Å². The van der Waals surface area contributed by atoms with Gasteiger partial charge in [0.1, 0.15) is 5.82 Å². The summed E-state index contributed by atoms with van der Waals surface area (Å²) >= 11 is 1.20. The lowest BCUT2D eigenvalue weighted by Gasteiger charge is -2.23. The standard InChI is InChI=1S/C23H24F3N5OS/c1-30-20(13-16-7-3-2-4-8-16)28-29-22(30)33-15-21(32)27-18-14-17(23(24,25)26)9-10-19(18)31-11-5-6-12-31/h2-4,7-10,14H,5-6,11-13,15H2,1H3,(H,27,32). The Hall–Kier alpha value is -3.01. The van der Waals surface area contributed by atoms with Gasteiger partial charge in [-0.25, -0.2) is 0 Å². The van der Waals surface area contributed by atoms with E-state index in [0.717, 1.165) is 49.5 Å². The number of nitrogens with zero attached hydrogens (tertiary/aromatic N) is 4. The Labute approximate surface area is 194 Å². The van der Waals surface area contributed by atoms with Crippen molar-refractivity contribution in [1.29, 1.82) is 0 Å². The first-order valence-corrected chi connectivity index (χ1v) is 11.6. The quantitative estimate of drug-likeness (QED) is 0.500. The molecule has 0 atom stereocenters. The largest absolute Gasteiger partial charge is 0.416 e. The summed E-state index contributed by atoms with van der Waals surface area (Å²) in [5, 5.41) is 11.6. The molecule has 0 bridgehead atoms. The van der Waals surface area contributed by atoms with Crippen molar-refractivity contribution in [3.05, 3.63) is 65.5 Å². The van der Waals surface area contributed by atoms with Crippen molar-refractivity contribution >= 4 is 29.0 Å². The third-order valence-electron chi connectivity index (χ3n) is 5.51. The first-order chi connectivity index (χ1) is 15.8. The number of hydrogen-bond donors (Lipinski definition) is 1. The molecule has 0 aliphatic carbocycles. The van der Waals surface area contributed by atoms with Gasteiger partial charge in [0.05, 0.1) is 22.7 Å². The minimum Gasteiger partial charge on any atom is -0.370 e. The number of alkyl halides is 3. The van der Waals surface area contributed by atoms with Gasteiger partial charge in [0.25, 0.3) is 0 Å². The molecule has 1 saturated heterocycles. The molecule has 3 aromatic rings. The van der Waals surface area contributed by atoms with Crippen molar-refractivity contribution in [2.45, 2.75) is 30.6 Å². The van der Waals surface area contributed by atoms with E-state index in [0.29, 0.717) is 17.3 Å². The van der Waals surface area contributed by atoms with Crippen LogP contribution in [-0.2, 0) is 24.4 Å². The smallest absolute Gasteiger partial charge is 0.370 e. The molecule has 2 heterocycles. The summed E-state index contributed by atoms with van der Waals surface area (Å²) in [5.74, 6) is 0.373. The average Bonchev–Trinajstić information content (AvgIpc) is 3.43. The van der Waals surface area contributed by atoms with Crippen LogP contribution in [-0.4, -0.2) is 39.5 Å². The zero-order valence-electron chi connectivity index (χ0n) is 18.1. The van der Waals surface area contributed by atoms with E-state index in [9.17, 15) is 18.0 Å². The van der Waals surface area contributed by atoms with E-state index in [1.54, 1.807) is 0 Å². The summed E-state index contributed by atoms with van der Waals surface area (Å²) in [7, 11) is 1.83. The van der Waals surface area contributed by atoms with Crippen LogP contribution in [0.5, 0.6) is 0 Å². The van der Waals surface area contributed by atoms with E-state index >= 15 is 0 Å². The molecule has 4 rings (SSSR count). The summed E-state index contributed by atoms with van der Waals surface area (Å²) in [6.07, 6.45) is -1.92. The summed E-state index contributed by atoms with van der Waals surface area (Å²) in [4.78, 5) is 14.6. The fourth-order valence-electron chi connectivity index (χ4n) is 3.77. The molecule has 1 aliphatic rings. The molecule has 10 heteroatoms. The van der Waals surface area contributed by atoms with Crippen LogP contribution in [0.3, 0.4) is 0 Å². The predicted molar refractivity (Wildman–Crippen MR) is 122 cm³/mol. The van der Waals surface area contributed by atoms with Gasteiger partial charge in [0.15, 0.2) is 5.16 Å². The van der Waals surface area contributed by atoms with Crippen molar-refractivity contribution in [2.75, 3.05) is 29.1 Å². The van der Waals surface area contributed by atoms with E-state index in [1.165, 1.54) is 17.8 Å². The highest BCUT2D eigenvalue weighted by atomic mass is 32.2. The number of carbonyl (C=O) groups excluding carboxylic acids is 1. The monoisotopic (exact) mass is 475 g/mol. The lowest BCUT2D eigenvalue weighted by Crippen LogP contribution is -2.22. The fourth-order valence-corrected chi connectivity index (χ4v) is 4.50. The maximum Gasteiger partial charge on any atom is 0.416 e. The molecule has 0 radical (unpaired) electrons. The number of halogens is 3. The third kappa shape index (κ3) is 5.68. The number of aromatic nitrogens is 3. The average molecular weight is 476 g/mol. The normalized spacial score (nSPS) is 14.0. The van der Waals surface area contributed by atoms with Gasteiger partial charge in [-0.15, -0.1) is 10.2 Å². The minimum atomic E-state index is -4.48. The number of nitrogens with one attached hydrogen (secondary N) is 1. The topological polar surface area (TPSA) is 63.1 Å². The molecule has 0 spiro atoms. The second-order valence-electron chi connectivity index (χ2n) is 7.88. The number of hydrogen-bond acceptors (Lipinski definition) is 5. The second kappa shape index (κ2) is 9.86. The molecule has 174 valence electrons. The highest BCUT2D eigenvalue weighted by Crippen LogP contribution is 2.36. The van der Waals surface area contributed by atoms with Crippen LogP contribution in [0.15, 0.2) is 53.7 Å². The van der Waals surface area contributed by atoms with Crippen LogP contribution in [0, 0.1) is 0 Å². The van der Waals surface area contributed by atoms with Gasteiger partial charge >= 0.3 is 6.18 Å². The van der Waals surface area contributed by atoms with Crippen molar-refractivity contribution in [3.8, 4) is 0 Å². The fraction of sp³-hybridized carbons (Fsp3) is 0.348. The summed E-state index contributed by atoms with van der Waals surface area (Å²) in [5.41, 5.74) is 1.11. The van der Waals surface area contributed by atoms with E-state index in [1.807, 2.05) is 46.8 Å². The molecule has 1 fully saturated rings. The molecular formula is C23H24F3N5OS. The highest BCUT2D eigenvalue weighted by Gasteiger charge is 2.32. The van der Waals surface area contributed by atoms with Crippen molar-refractivity contribution in [2.24, 2.45) is 7.05 Å². The maximum atomic E-state index is 13.2. The van der Waals surface area contributed by atoms with Gasteiger partial charge in [-0.2, -0.15) is 13.2 Å². The van der Waals surface area contributed by atoms with Crippen LogP contribution in [0.1, 0.15) is 29.8 Å². The number of amides is 1. The van der Waals surface area contributed by atoms with Crippen LogP contribution in [0.4, 0.5) is 24.5 Å². The molecule has 6 nitrogen and oxygen atoms in total. The SMILES string of the molecule is Cn1c(Cc2ccccc2)nnc1SCC(=O)Nc1cc(C(F)(F)F)ccc1N1CCCC1. The highest BCUT2D eigenvalue weighted by molar-refractivity contribution is 7.99. The molecule has 1 aromatic heterocycles. The third-order valence-corrected chi connectivity index (χ3v) is 6.53. The van der Waals surface area contributed by atoms with Gasteiger partial charge in [0, 0.05) is 26.6 Å². The van der Waals surface area contributed by atoms with E-state index in [-0.39, 0.29) is 11.4 Å². The predicted octanol–water partition coefficient (Wildman–Crippen LogP) is 4.76. The lowest BCUT2D eigenvalue weighted by molar-refractivity contribution is -0.137. The Morgan fingerprint density at radius 3 is 2.52 bits per heavy atom. The minimum absolute atomic E-state index is 0.00694. The van der Waals surface area contributed by atoms with E-state index < -0.39 is 17.6 Å². The molecule has 1 amide bonds. The first kappa shape index (κ1) is 23.2. The number of anilines is 2. The summed E-state index contributed by atoms with van der Waals surface area (Å²) < 4.78 is 41.5. The van der Waals surface area contributed by atoms with Gasteiger partial charge in [-0.05, 0) is 36.6 Å². The first-order valence-electron chi connectivity index (χ1n) is 10.6. The van der Waals surface area contributed by atoms with Crippen LogP contribution in [0.25, 0.3) is 0 Å². The molecule has 1 N–H and O–H groups in total. The number of benzene rings is 2. The zero-order valence-corrected chi connectivity index (χ0v) is 18.9. The molecule has 33 heavy (non-hydrogen) atoms. The Morgan fingerprint density at radius 1 is 1.09 bits per heavy atom. The number of carbonyl (C=O) groups is 1. The number of rotatable bonds is 7. The van der Waals surface area contributed by atoms with Crippen LogP contribution >= 0.6 is 11.8 Å². The van der Waals surface area contributed by atoms with Crippen LogP contribution in [0.2, 0.25) is 0 Å². The molecule has 2 aromatic carbocycles. The Kier molecular flexibility index (Phi) is 6.92. The second-order valence-corrected chi connectivity index (χ2v) is 8.82. The van der Waals surface area contributed by atoms with Gasteiger partial charge in [0.2, 0.25) is 5.91 Å². The summed E-state index contributed by atoms with van der Waals surface area (Å²) in [6.45, 7) is 1.51. The maximum absolute atomic E-state index is 13.2. The molecule has 0 saturated carbocycles. The van der Waals surface area contributed by atoms with E-state index in [4.69, 9.17) is 0 Å². The zero-order chi connectivity index (χ0) is 23.4. The van der Waals surface area contributed by atoms with E-state index in [2.05, 4.69) is 15.5 Å². The van der Waals surface area contributed by atoms with Crippen molar-refractivity contribution in [3.63, 3.8) is 0 Å². The Bertz CT molecular complexity index is 1110. The van der Waals surface area contributed by atoms with Crippen molar-refractivity contribution < 1.29 is 18.0 Å². The number of thioether (sulfide) groups is 1. The lowest BCUT2D eigenvalue weighted by atomic mass is 10.1. The molecular weight excluding hydrogens is 451 g/mol. The van der Waals surface area contributed by atoms with Crippen LogP contribution < -0.4 is 10.2 Å². The summed E-state index contributed by atoms with van der Waals surface area (Å²) in [6, 6.07) is 13.4. The van der Waals surface area contributed by atoms with Gasteiger partial charge < -0.3 is 14.8 Å². The Balaban J connectivity index is 1.43. The molecule has 1 aliphatic heterocycles. The molecule has 0 unspecified atom stereocenters.